The van der Waals surface area contributed by atoms with Crippen LogP contribution in [0.3, 0.4) is 0 Å². The molecule has 1 aromatic heterocycles. The largest absolute Gasteiger partial charge is 0.416 e. The van der Waals surface area contributed by atoms with Crippen molar-refractivity contribution in [2.75, 3.05) is 39.4 Å². The molecule has 2 aliphatic heterocycles. The van der Waals surface area contributed by atoms with Crippen LogP contribution in [0.15, 0.2) is 30.3 Å². The molecular weight excluding hydrogens is 435 g/mol. The fourth-order valence-electron chi connectivity index (χ4n) is 4.81. The van der Waals surface area contributed by atoms with Gasteiger partial charge in [0, 0.05) is 43.7 Å². The lowest BCUT2D eigenvalue weighted by atomic mass is 9.82. The minimum atomic E-state index is -4.38. The van der Waals surface area contributed by atoms with E-state index in [4.69, 9.17) is 10.5 Å². The lowest BCUT2D eigenvalue weighted by Gasteiger charge is -2.41. The molecule has 33 heavy (non-hydrogen) atoms. The number of aromatic amines is 1. The predicted octanol–water partition coefficient (Wildman–Crippen LogP) is 3.40. The topological polar surface area (TPSA) is 87.5 Å². The number of benzene rings is 1. The Bertz CT molecular complexity index is 996. The Labute approximate surface area is 190 Å². The van der Waals surface area contributed by atoms with Crippen LogP contribution in [0.2, 0.25) is 0 Å². The van der Waals surface area contributed by atoms with Gasteiger partial charge in [-0.3, -0.25) is 5.10 Å². The third-order valence-corrected chi connectivity index (χ3v) is 7.05. The molecule has 5 rings (SSSR count). The van der Waals surface area contributed by atoms with E-state index in [-0.39, 0.29) is 23.4 Å². The Balaban J connectivity index is 1.40. The van der Waals surface area contributed by atoms with Gasteiger partial charge in [-0.15, -0.1) is 0 Å². The van der Waals surface area contributed by atoms with Crippen LogP contribution < -0.4 is 5.73 Å². The summed E-state index contributed by atoms with van der Waals surface area (Å²) in [6.45, 7) is 3.07. The van der Waals surface area contributed by atoms with Gasteiger partial charge in [0.25, 0.3) is 0 Å². The second-order valence-electron chi connectivity index (χ2n) is 9.40. The van der Waals surface area contributed by atoms with Crippen molar-refractivity contribution in [2.45, 2.75) is 42.8 Å². The summed E-state index contributed by atoms with van der Waals surface area (Å²) in [4.78, 5) is 16.9. The monoisotopic (exact) mass is 463 g/mol. The van der Waals surface area contributed by atoms with E-state index in [9.17, 15) is 18.0 Å². The maximum absolute atomic E-state index is 13.3. The van der Waals surface area contributed by atoms with Crippen molar-refractivity contribution in [3.05, 3.63) is 52.8 Å². The number of rotatable bonds is 3. The number of urea groups is 1. The van der Waals surface area contributed by atoms with E-state index in [2.05, 4.69) is 10.2 Å². The SMILES string of the molecule is NC1(c2cc(C3CC(c4ccc(C(F)(F)F)cc4)CN(C(=O)N4CCOCC4)C3)[nH]n2)CC1. The van der Waals surface area contributed by atoms with E-state index in [0.29, 0.717) is 45.8 Å². The molecule has 0 bridgehead atoms. The highest BCUT2D eigenvalue weighted by atomic mass is 19.4. The van der Waals surface area contributed by atoms with Crippen molar-refractivity contribution in [3.63, 3.8) is 0 Å². The lowest BCUT2D eigenvalue weighted by Crippen LogP contribution is -2.52. The molecule has 1 aromatic carbocycles. The number of alkyl halides is 3. The van der Waals surface area contributed by atoms with Crippen molar-refractivity contribution < 1.29 is 22.7 Å². The number of hydrogen-bond acceptors (Lipinski definition) is 4. The van der Waals surface area contributed by atoms with E-state index < -0.39 is 11.7 Å². The average Bonchev–Trinajstić information content (AvgIpc) is 3.37. The maximum atomic E-state index is 13.3. The van der Waals surface area contributed by atoms with E-state index in [1.165, 1.54) is 12.1 Å². The average molecular weight is 464 g/mol. The van der Waals surface area contributed by atoms with Crippen LogP contribution in [0, 0.1) is 0 Å². The number of carbonyl (C=O) groups excluding carboxylic acids is 1. The van der Waals surface area contributed by atoms with E-state index >= 15 is 0 Å². The van der Waals surface area contributed by atoms with Crippen molar-refractivity contribution in [1.29, 1.82) is 0 Å². The van der Waals surface area contributed by atoms with Crippen LogP contribution in [0.4, 0.5) is 18.0 Å². The van der Waals surface area contributed by atoms with Gasteiger partial charge in [-0.2, -0.15) is 18.3 Å². The summed E-state index contributed by atoms with van der Waals surface area (Å²) in [6, 6.07) is 7.23. The zero-order valence-electron chi connectivity index (χ0n) is 18.3. The molecule has 0 spiro atoms. The fraction of sp³-hybridized carbons (Fsp3) is 0.565. The van der Waals surface area contributed by atoms with Crippen molar-refractivity contribution in [1.82, 2.24) is 20.0 Å². The Kier molecular flexibility index (Phi) is 5.60. The summed E-state index contributed by atoms with van der Waals surface area (Å²) < 4.78 is 44.5. The summed E-state index contributed by atoms with van der Waals surface area (Å²) in [7, 11) is 0. The number of H-pyrrole nitrogens is 1. The number of nitrogens with one attached hydrogen (secondary N) is 1. The Morgan fingerprint density at radius 1 is 1.09 bits per heavy atom. The van der Waals surface area contributed by atoms with Gasteiger partial charge in [0.05, 0.1) is 30.0 Å². The lowest BCUT2D eigenvalue weighted by molar-refractivity contribution is -0.137. The van der Waals surface area contributed by atoms with Crippen LogP contribution in [-0.2, 0) is 16.5 Å². The summed E-state index contributed by atoms with van der Waals surface area (Å²) in [5, 5.41) is 7.53. The van der Waals surface area contributed by atoms with Crippen molar-refractivity contribution in [2.24, 2.45) is 5.73 Å². The van der Waals surface area contributed by atoms with Gasteiger partial charge >= 0.3 is 12.2 Å². The first-order valence-corrected chi connectivity index (χ1v) is 11.4. The summed E-state index contributed by atoms with van der Waals surface area (Å²) in [5.41, 5.74) is 7.81. The molecule has 3 heterocycles. The summed E-state index contributed by atoms with van der Waals surface area (Å²) in [6.07, 6.45) is -1.87. The number of piperidine rings is 1. The first-order chi connectivity index (χ1) is 15.7. The molecule has 2 aromatic rings. The van der Waals surface area contributed by atoms with Crippen LogP contribution in [0.1, 0.15) is 53.6 Å². The number of amides is 2. The maximum Gasteiger partial charge on any atom is 0.416 e. The van der Waals surface area contributed by atoms with Crippen LogP contribution in [0.25, 0.3) is 0 Å². The number of hydrogen-bond donors (Lipinski definition) is 2. The molecular formula is C23H28F3N5O2. The molecule has 7 nitrogen and oxygen atoms in total. The Morgan fingerprint density at radius 3 is 2.39 bits per heavy atom. The smallest absolute Gasteiger partial charge is 0.378 e. The molecule has 0 radical (unpaired) electrons. The summed E-state index contributed by atoms with van der Waals surface area (Å²) in [5.74, 6) is -0.102. The number of morpholine rings is 1. The fourth-order valence-corrected chi connectivity index (χ4v) is 4.81. The zero-order valence-corrected chi connectivity index (χ0v) is 18.3. The highest BCUT2D eigenvalue weighted by Gasteiger charge is 2.43. The second-order valence-corrected chi connectivity index (χ2v) is 9.40. The van der Waals surface area contributed by atoms with Crippen LogP contribution >= 0.6 is 0 Å². The highest BCUT2D eigenvalue weighted by molar-refractivity contribution is 5.75. The van der Waals surface area contributed by atoms with Gasteiger partial charge in [0.2, 0.25) is 0 Å². The predicted molar refractivity (Wildman–Crippen MR) is 115 cm³/mol. The first-order valence-electron chi connectivity index (χ1n) is 11.4. The molecule has 10 heteroatoms. The quantitative estimate of drug-likeness (QED) is 0.731. The number of halogens is 3. The number of likely N-dealkylation sites (tertiary alicyclic amines) is 1. The second kappa shape index (κ2) is 8.32. The molecule has 2 atom stereocenters. The first kappa shape index (κ1) is 22.2. The van der Waals surface area contributed by atoms with Crippen molar-refractivity contribution >= 4 is 6.03 Å². The normalized spacial score (nSPS) is 25.2. The Hall–Kier alpha value is -2.59. The van der Waals surface area contributed by atoms with Gasteiger partial charge in [-0.05, 0) is 43.0 Å². The number of nitrogens with two attached hydrogens (primary N) is 1. The standard InChI is InChI=1S/C23H28F3N5O2/c24-23(25,26)18-3-1-15(2-4-18)16-11-17(19-12-20(29-28-19)22(27)5-6-22)14-31(13-16)21(32)30-7-9-33-10-8-30/h1-4,12,16-17H,5-11,13-14,27H2,(H,28,29). The Morgan fingerprint density at radius 2 is 1.76 bits per heavy atom. The molecule has 178 valence electrons. The molecule has 2 amide bonds. The van der Waals surface area contributed by atoms with Crippen LogP contribution in [0.5, 0.6) is 0 Å². The van der Waals surface area contributed by atoms with Gasteiger partial charge in [-0.1, -0.05) is 12.1 Å². The van der Waals surface area contributed by atoms with E-state index in [0.717, 1.165) is 41.9 Å². The molecule has 3 N–H and O–H groups in total. The van der Waals surface area contributed by atoms with Gasteiger partial charge < -0.3 is 20.3 Å². The van der Waals surface area contributed by atoms with E-state index in [1.807, 2.05) is 11.0 Å². The van der Waals surface area contributed by atoms with Gasteiger partial charge in [-0.25, -0.2) is 4.79 Å². The number of nitrogens with zero attached hydrogens (tertiary/aromatic N) is 3. The minimum absolute atomic E-state index is 0.0142. The number of carbonyl (C=O) groups is 1. The molecule has 3 fully saturated rings. The molecule has 3 aliphatic rings. The van der Waals surface area contributed by atoms with Crippen molar-refractivity contribution in [3.8, 4) is 0 Å². The molecule has 2 unspecified atom stereocenters. The third kappa shape index (κ3) is 4.59. The third-order valence-electron chi connectivity index (χ3n) is 7.05. The molecule has 2 saturated heterocycles. The molecule has 1 saturated carbocycles. The zero-order chi connectivity index (χ0) is 23.2. The minimum Gasteiger partial charge on any atom is -0.378 e. The molecule has 1 aliphatic carbocycles. The van der Waals surface area contributed by atoms with E-state index in [1.54, 1.807) is 4.90 Å². The van der Waals surface area contributed by atoms with Gasteiger partial charge in [0.15, 0.2) is 0 Å². The van der Waals surface area contributed by atoms with Crippen LogP contribution in [-0.4, -0.2) is 65.4 Å². The number of aromatic nitrogens is 2. The van der Waals surface area contributed by atoms with Gasteiger partial charge in [0.1, 0.15) is 0 Å². The highest BCUT2D eigenvalue weighted by Crippen LogP contribution is 2.43. The summed E-state index contributed by atoms with van der Waals surface area (Å²) >= 11 is 0. The number of ether oxygens (including phenoxy) is 1.